The normalized spacial score (nSPS) is 16.1. The molecule has 0 bridgehead atoms. The monoisotopic (exact) mass is 413 g/mol. The third-order valence-electron chi connectivity index (χ3n) is 5.79. The van der Waals surface area contributed by atoms with E-state index in [1.807, 2.05) is 6.92 Å². The highest BCUT2D eigenvalue weighted by Crippen LogP contribution is 2.54. The van der Waals surface area contributed by atoms with E-state index in [0.29, 0.717) is 18.4 Å². The average Bonchev–Trinajstić information content (AvgIpc) is 2.65. The van der Waals surface area contributed by atoms with Gasteiger partial charge in [0.15, 0.2) is 5.78 Å². The van der Waals surface area contributed by atoms with Crippen LogP contribution in [0.1, 0.15) is 74.7 Å². The molecule has 0 aromatic heterocycles. The summed E-state index contributed by atoms with van der Waals surface area (Å²) in [5.41, 5.74) is 0.121. The second-order valence-corrected chi connectivity index (χ2v) is 8.03. The fraction of sp³-hybridized carbons (Fsp3) is 0.571. The van der Waals surface area contributed by atoms with Gasteiger partial charge in [0.1, 0.15) is 0 Å². The molecule has 1 aromatic carbocycles. The summed E-state index contributed by atoms with van der Waals surface area (Å²) in [5, 5.41) is 0. The molecule has 0 heterocycles. The predicted octanol–water partition coefficient (Wildman–Crippen LogP) is 6.50. The van der Waals surface area contributed by atoms with Crippen LogP contribution in [0.2, 0.25) is 0 Å². The first kappa shape index (κ1) is 22.8. The van der Waals surface area contributed by atoms with Crippen LogP contribution >= 0.6 is 8.25 Å². The van der Waals surface area contributed by atoms with E-state index in [9.17, 15) is 9.36 Å². The smallest absolute Gasteiger partial charge is 0.289 e. The minimum Gasteiger partial charge on any atom is -0.289 e. The van der Waals surface area contributed by atoms with Gasteiger partial charge in [-0.1, -0.05) is 55.7 Å². The van der Waals surface area contributed by atoms with Crippen LogP contribution in [0.5, 0.6) is 0 Å². The maximum atomic E-state index is 15.2. The van der Waals surface area contributed by atoms with Gasteiger partial charge < -0.3 is 0 Å². The van der Waals surface area contributed by atoms with E-state index >= 15 is 8.78 Å². The van der Waals surface area contributed by atoms with E-state index in [1.54, 1.807) is 38.1 Å². The zero-order valence-electron chi connectivity index (χ0n) is 16.6. The topological polar surface area (TPSA) is 63.6 Å². The van der Waals surface area contributed by atoms with Crippen LogP contribution < -0.4 is 0 Å². The SMILES string of the molecule is CCC(CC)(C(C(=O)c1ccc(C)cc1)=C1CCCCC1)C(F)(F)O[P+](=O)O. The summed E-state index contributed by atoms with van der Waals surface area (Å²) in [4.78, 5) is 22.5. The number of carbonyl (C=O) groups is 1. The molecule has 1 unspecified atom stereocenters. The Balaban J connectivity index is 2.69. The number of benzene rings is 1. The van der Waals surface area contributed by atoms with E-state index in [1.165, 1.54) is 0 Å². The van der Waals surface area contributed by atoms with Crippen molar-refractivity contribution in [2.75, 3.05) is 0 Å². The van der Waals surface area contributed by atoms with Crippen molar-refractivity contribution in [3.05, 3.63) is 46.5 Å². The van der Waals surface area contributed by atoms with Gasteiger partial charge >= 0.3 is 14.4 Å². The van der Waals surface area contributed by atoms with Crippen molar-refractivity contribution in [1.82, 2.24) is 0 Å². The zero-order chi connectivity index (χ0) is 20.9. The van der Waals surface area contributed by atoms with Gasteiger partial charge in [-0.15, -0.1) is 4.89 Å². The lowest BCUT2D eigenvalue weighted by Gasteiger charge is -2.39. The molecule has 7 heteroatoms. The standard InChI is InChI=1S/C21H27F2O4P/c1-4-20(5-2,21(22,23)27-28(25)26)18(16-9-7-6-8-10-16)19(24)17-13-11-15(3)12-14-17/h11-14H,4-10H2,1-3H3/p+1. The number of aryl methyl sites for hydroxylation is 1. The van der Waals surface area contributed by atoms with Gasteiger partial charge in [0.25, 0.3) is 0 Å². The van der Waals surface area contributed by atoms with E-state index in [0.717, 1.165) is 30.4 Å². The summed E-state index contributed by atoms with van der Waals surface area (Å²) in [7, 11) is -3.52. The molecule has 1 aliphatic carbocycles. The van der Waals surface area contributed by atoms with Crippen LogP contribution in [0.15, 0.2) is 35.4 Å². The van der Waals surface area contributed by atoms with Crippen LogP contribution in [0.4, 0.5) is 8.78 Å². The quantitative estimate of drug-likeness (QED) is 0.300. The second-order valence-electron chi connectivity index (χ2n) is 7.37. The molecule has 4 nitrogen and oxygen atoms in total. The first-order valence-electron chi connectivity index (χ1n) is 9.75. The van der Waals surface area contributed by atoms with Crippen molar-refractivity contribution < 1.29 is 27.6 Å². The van der Waals surface area contributed by atoms with Crippen LogP contribution in [0.3, 0.4) is 0 Å². The highest BCUT2D eigenvalue weighted by atomic mass is 31.1. The molecule has 1 aromatic rings. The van der Waals surface area contributed by atoms with Crippen LogP contribution in [-0.2, 0) is 9.09 Å². The predicted molar refractivity (Wildman–Crippen MR) is 104 cm³/mol. The number of rotatable bonds is 8. The van der Waals surface area contributed by atoms with E-state index in [4.69, 9.17) is 4.89 Å². The molecule has 1 fully saturated rings. The molecular formula is C21H28F2O4P+. The molecule has 0 aliphatic heterocycles. The summed E-state index contributed by atoms with van der Waals surface area (Å²) in [6.07, 6.45) is -0.290. The number of hydrogen-bond acceptors (Lipinski definition) is 3. The Labute approximate surface area is 165 Å². The maximum absolute atomic E-state index is 15.2. The molecule has 0 amide bonds. The van der Waals surface area contributed by atoms with Gasteiger partial charge in [-0.2, -0.15) is 8.78 Å². The lowest BCUT2D eigenvalue weighted by Crippen LogP contribution is -2.46. The van der Waals surface area contributed by atoms with Crippen LogP contribution in [-0.4, -0.2) is 16.8 Å². The van der Waals surface area contributed by atoms with E-state index < -0.39 is 25.6 Å². The van der Waals surface area contributed by atoms with Crippen molar-refractivity contribution in [3.8, 4) is 0 Å². The number of carbonyl (C=O) groups excluding carboxylic acids is 1. The minimum absolute atomic E-state index is 0.0582. The number of Topliss-reactive ketones (excluding diaryl/α,β-unsaturated/α-hetero) is 1. The third kappa shape index (κ3) is 4.56. The Morgan fingerprint density at radius 2 is 1.64 bits per heavy atom. The molecule has 0 saturated heterocycles. The Bertz CT molecular complexity index is 744. The Morgan fingerprint density at radius 1 is 1.11 bits per heavy atom. The number of alkyl halides is 2. The highest BCUT2D eigenvalue weighted by Gasteiger charge is 2.62. The van der Waals surface area contributed by atoms with Crippen molar-refractivity contribution in [3.63, 3.8) is 0 Å². The summed E-state index contributed by atoms with van der Waals surface area (Å²) >= 11 is 0. The lowest BCUT2D eigenvalue weighted by molar-refractivity contribution is -0.248. The van der Waals surface area contributed by atoms with Crippen molar-refractivity contribution in [2.45, 2.75) is 71.8 Å². The van der Waals surface area contributed by atoms with Gasteiger partial charge in [-0.3, -0.25) is 4.79 Å². The number of allylic oxidation sites excluding steroid dienone is 1. The highest BCUT2D eigenvalue weighted by molar-refractivity contribution is 7.32. The van der Waals surface area contributed by atoms with E-state index in [2.05, 4.69) is 4.52 Å². The summed E-state index contributed by atoms with van der Waals surface area (Å²) in [6.45, 7) is 5.02. The number of ketones is 1. The molecule has 154 valence electrons. The lowest BCUT2D eigenvalue weighted by atomic mass is 9.68. The summed E-state index contributed by atoms with van der Waals surface area (Å²) in [6, 6.07) is 6.83. The number of halogens is 2. The molecule has 1 aliphatic rings. The van der Waals surface area contributed by atoms with Crippen molar-refractivity contribution in [1.29, 1.82) is 0 Å². The van der Waals surface area contributed by atoms with Crippen LogP contribution in [0.25, 0.3) is 0 Å². The number of hydrogen-bond donors (Lipinski definition) is 1. The van der Waals surface area contributed by atoms with Crippen molar-refractivity contribution in [2.24, 2.45) is 5.41 Å². The Kier molecular flexibility index (Phi) is 7.60. The largest absolute Gasteiger partial charge is 0.701 e. The van der Waals surface area contributed by atoms with Gasteiger partial charge in [-0.05, 0) is 50.0 Å². The van der Waals surface area contributed by atoms with Gasteiger partial charge in [-0.25, -0.2) is 0 Å². The molecule has 0 radical (unpaired) electrons. The molecule has 1 atom stereocenters. The maximum Gasteiger partial charge on any atom is 0.701 e. The van der Waals surface area contributed by atoms with Crippen LogP contribution in [0, 0.1) is 12.3 Å². The fourth-order valence-electron chi connectivity index (χ4n) is 4.14. The molecule has 1 N–H and O–H groups in total. The molecule has 2 rings (SSSR count). The van der Waals surface area contributed by atoms with E-state index in [-0.39, 0.29) is 18.4 Å². The molecule has 28 heavy (non-hydrogen) atoms. The van der Waals surface area contributed by atoms with Gasteiger partial charge in [0.05, 0.1) is 5.41 Å². The molecule has 1 saturated carbocycles. The molecular weight excluding hydrogens is 385 g/mol. The first-order valence-corrected chi connectivity index (χ1v) is 10.9. The van der Waals surface area contributed by atoms with Gasteiger partial charge in [0.2, 0.25) is 0 Å². The van der Waals surface area contributed by atoms with Crippen molar-refractivity contribution >= 4 is 14.0 Å². The zero-order valence-corrected chi connectivity index (χ0v) is 17.5. The Morgan fingerprint density at radius 3 is 2.11 bits per heavy atom. The third-order valence-corrected chi connectivity index (χ3v) is 6.17. The molecule has 0 spiro atoms. The van der Waals surface area contributed by atoms with Gasteiger partial charge in [0, 0.05) is 15.7 Å². The average molecular weight is 413 g/mol. The first-order chi connectivity index (χ1) is 13.2. The Hall–Kier alpha value is -1.49. The second kappa shape index (κ2) is 9.34. The fourth-order valence-corrected chi connectivity index (χ4v) is 4.51. The minimum atomic E-state index is -3.95. The summed E-state index contributed by atoms with van der Waals surface area (Å²) in [5.74, 6) is -0.447. The summed E-state index contributed by atoms with van der Waals surface area (Å²) < 4.78 is 45.7.